The van der Waals surface area contributed by atoms with Crippen LogP contribution in [0.25, 0.3) is 0 Å². The minimum absolute atomic E-state index is 0.0184. The van der Waals surface area contributed by atoms with Crippen molar-refractivity contribution in [3.63, 3.8) is 0 Å². The van der Waals surface area contributed by atoms with Crippen LogP contribution in [0, 0.1) is 0 Å². The molecule has 2 atom stereocenters. The van der Waals surface area contributed by atoms with Crippen molar-refractivity contribution in [2.24, 2.45) is 5.73 Å². The summed E-state index contributed by atoms with van der Waals surface area (Å²) >= 11 is 0. The van der Waals surface area contributed by atoms with Crippen LogP contribution in [0.1, 0.15) is 36.9 Å². The van der Waals surface area contributed by atoms with Gasteiger partial charge in [-0.25, -0.2) is 4.79 Å². The van der Waals surface area contributed by atoms with Gasteiger partial charge in [-0.1, -0.05) is 72.8 Å². The number of allylic oxidation sites excluding steroid dienone is 1. The second kappa shape index (κ2) is 14.2. The molecule has 0 fully saturated rings. The number of benzene rings is 2. The van der Waals surface area contributed by atoms with Crippen LogP contribution in [0.5, 0.6) is 0 Å². The van der Waals surface area contributed by atoms with Crippen LogP contribution in [0.2, 0.25) is 0 Å². The number of aromatic nitrogens is 1. The second-order valence-corrected chi connectivity index (χ2v) is 8.67. The minimum Gasteiger partial charge on any atom is -0.444 e. The summed E-state index contributed by atoms with van der Waals surface area (Å²) in [4.78, 5) is 50.5. The van der Waals surface area contributed by atoms with E-state index in [1.54, 1.807) is 25.1 Å². The van der Waals surface area contributed by atoms with Gasteiger partial charge in [-0.05, 0) is 36.6 Å². The molecule has 0 saturated carbocycles. The zero-order valence-corrected chi connectivity index (χ0v) is 21.2. The fraction of sp³-hybridized carbons (Fsp3) is 0.241. The first-order chi connectivity index (χ1) is 18.4. The highest BCUT2D eigenvalue weighted by atomic mass is 16.5. The van der Waals surface area contributed by atoms with Gasteiger partial charge in [0.1, 0.15) is 18.3 Å². The van der Waals surface area contributed by atoms with E-state index in [1.807, 2.05) is 60.7 Å². The lowest BCUT2D eigenvalue weighted by molar-refractivity contribution is -0.125. The Kier molecular flexibility index (Phi) is 10.4. The monoisotopic (exact) mass is 516 g/mol. The largest absolute Gasteiger partial charge is 0.444 e. The molecule has 3 amide bonds. The predicted octanol–water partition coefficient (Wildman–Crippen LogP) is 3.71. The van der Waals surface area contributed by atoms with Crippen molar-refractivity contribution in [2.45, 2.75) is 44.9 Å². The number of amides is 3. The smallest absolute Gasteiger partial charge is 0.412 e. The summed E-state index contributed by atoms with van der Waals surface area (Å²) in [6, 6.07) is 20.1. The number of nitrogens with two attached hydrogens (primary N) is 1. The van der Waals surface area contributed by atoms with Gasteiger partial charge in [0, 0.05) is 25.1 Å². The Morgan fingerprint density at radius 3 is 2.26 bits per heavy atom. The molecule has 0 spiro atoms. The first kappa shape index (κ1) is 27.9. The van der Waals surface area contributed by atoms with Gasteiger partial charge in [0.15, 0.2) is 0 Å². The minimum atomic E-state index is -0.923. The van der Waals surface area contributed by atoms with Crippen LogP contribution in [0.15, 0.2) is 95.9 Å². The Morgan fingerprint density at radius 2 is 1.63 bits per heavy atom. The lowest BCUT2D eigenvalue weighted by Crippen LogP contribution is -2.43. The number of primary amides is 1. The molecule has 0 bridgehead atoms. The molecule has 0 saturated heterocycles. The van der Waals surface area contributed by atoms with E-state index >= 15 is 0 Å². The molecule has 0 unspecified atom stereocenters. The van der Waals surface area contributed by atoms with Gasteiger partial charge < -0.3 is 20.4 Å². The quantitative estimate of drug-likeness (QED) is 0.316. The summed E-state index contributed by atoms with van der Waals surface area (Å²) in [5.74, 6) is -0.879. The molecule has 9 heteroatoms. The molecular weight excluding hydrogens is 484 g/mol. The highest BCUT2D eigenvalue weighted by molar-refractivity contribution is 5.85. The van der Waals surface area contributed by atoms with Gasteiger partial charge in [0.25, 0.3) is 5.56 Å². The Balaban J connectivity index is 1.83. The van der Waals surface area contributed by atoms with Crippen molar-refractivity contribution in [3.8, 4) is 0 Å². The molecule has 0 radical (unpaired) electrons. The molecule has 3 aromatic rings. The summed E-state index contributed by atoms with van der Waals surface area (Å²) in [7, 11) is 0. The first-order valence-electron chi connectivity index (χ1n) is 12.3. The van der Waals surface area contributed by atoms with E-state index in [0.717, 1.165) is 11.1 Å². The van der Waals surface area contributed by atoms with E-state index < -0.39 is 35.6 Å². The molecule has 4 N–H and O–H groups in total. The van der Waals surface area contributed by atoms with Crippen LogP contribution >= 0.6 is 0 Å². The molecule has 198 valence electrons. The number of anilines is 1. The molecule has 0 aliphatic heterocycles. The lowest BCUT2D eigenvalue weighted by Gasteiger charge is -2.23. The van der Waals surface area contributed by atoms with Gasteiger partial charge in [-0.2, -0.15) is 0 Å². The highest BCUT2D eigenvalue weighted by Crippen LogP contribution is 2.16. The average molecular weight is 517 g/mol. The van der Waals surface area contributed by atoms with E-state index in [-0.39, 0.29) is 25.1 Å². The fourth-order valence-corrected chi connectivity index (χ4v) is 3.90. The Morgan fingerprint density at radius 1 is 0.974 bits per heavy atom. The van der Waals surface area contributed by atoms with Crippen molar-refractivity contribution >= 4 is 23.6 Å². The summed E-state index contributed by atoms with van der Waals surface area (Å²) in [6.45, 7) is 1.85. The summed E-state index contributed by atoms with van der Waals surface area (Å²) in [5.41, 5.74) is 6.36. The number of carbonyl (C=O) groups is 3. The molecule has 1 heterocycles. The van der Waals surface area contributed by atoms with Crippen molar-refractivity contribution in [1.29, 1.82) is 0 Å². The first-order valence-corrected chi connectivity index (χ1v) is 12.3. The number of rotatable bonds is 12. The van der Waals surface area contributed by atoms with Crippen molar-refractivity contribution in [2.75, 3.05) is 5.32 Å². The van der Waals surface area contributed by atoms with E-state index in [0.29, 0.717) is 6.42 Å². The van der Waals surface area contributed by atoms with Gasteiger partial charge in [0.05, 0.1) is 0 Å². The van der Waals surface area contributed by atoms with E-state index in [1.165, 1.54) is 16.8 Å². The summed E-state index contributed by atoms with van der Waals surface area (Å²) < 4.78 is 6.52. The third-order valence-corrected chi connectivity index (χ3v) is 5.79. The van der Waals surface area contributed by atoms with Gasteiger partial charge in [-0.3, -0.25) is 19.7 Å². The Bertz CT molecular complexity index is 1310. The summed E-state index contributed by atoms with van der Waals surface area (Å²) in [5, 5.41) is 5.40. The number of ether oxygens (including phenoxy) is 1. The maximum atomic E-state index is 13.5. The molecule has 0 aliphatic rings. The molecule has 2 aromatic carbocycles. The van der Waals surface area contributed by atoms with Crippen LogP contribution in [-0.2, 0) is 27.4 Å². The standard InChI is InChI=1S/C29H32N4O5/c1-2-10-23(16-17-26(30)34)31-27(35)25(19-21-11-5-3-6-12-21)33-18-9-15-24(28(33)36)32-29(37)38-20-22-13-7-4-8-14-22/h2-15,18,23,25H,16-17,19-20H2,1H3,(H2,30,34)(H,31,35)(H,32,37)/b10-2+/t23-,25-/m1/s1. The SMILES string of the molecule is C/C=C/[C@H](CCC(N)=O)NC(=O)[C@@H](Cc1ccccc1)n1cccc(NC(=O)OCc2ccccc2)c1=O. The number of nitrogens with zero attached hydrogens (tertiary/aromatic N) is 1. The van der Waals surface area contributed by atoms with E-state index in [4.69, 9.17) is 10.5 Å². The van der Waals surface area contributed by atoms with Gasteiger partial charge in [-0.15, -0.1) is 0 Å². The Hall–Kier alpha value is -4.66. The number of hydrogen-bond donors (Lipinski definition) is 3. The molecule has 1 aromatic heterocycles. The normalized spacial score (nSPS) is 12.4. The fourth-order valence-electron chi connectivity index (χ4n) is 3.90. The molecule has 9 nitrogen and oxygen atoms in total. The molecular formula is C29H32N4O5. The lowest BCUT2D eigenvalue weighted by atomic mass is 10.0. The van der Waals surface area contributed by atoms with Gasteiger partial charge >= 0.3 is 6.09 Å². The van der Waals surface area contributed by atoms with Gasteiger partial charge in [0.2, 0.25) is 11.8 Å². The van der Waals surface area contributed by atoms with E-state index in [2.05, 4.69) is 10.6 Å². The molecule has 3 rings (SSSR count). The predicted molar refractivity (Wildman–Crippen MR) is 145 cm³/mol. The van der Waals surface area contributed by atoms with Crippen molar-refractivity contribution in [3.05, 3.63) is 113 Å². The zero-order valence-electron chi connectivity index (χ0n) is 21.2. The molecule has 38 heavy (non-hydrogen) atoms. The van der Waals surface area contributed by atoms with Crippen LogP contribution < -0.4 is 21.9 Å². The van der Waals surface area contributed by atoms with Crippen molar-refractivity contribution in [1.82, 2.24) is 9.88 Å². The highest BCUT2D eigenvalue weighted by Gasteiger charge is 2.25. The number of nitrogens with one attached hydrogen (secondary N) is 2. The number of carbonyl (C=O) groups excluding carboxylic acids is 3. The third-order valence-electron chi connectivity index (χ3n) is 5.79. The Labute approximate surface area is 221 Å². The van der Waals surface area contributed by atoms with Crippen LogP contribution in [-0.4, -0.2) is 28.5 Å². The second-order valence-electron chi connectivity index (χ2n) is 8.67. The summed E-state index contributed by atoms with van der Waals surface area (Å²) in [6.07, 6.45) is 4.92. The topological polar surface area (TPSA) is 133 Å². The average Bonchev–Trinajstić information content (AvgIpc) is 2.92. The number of pyridine rings is 1. The molecule has 0 aliphatic carbocycles. The number of hydrogen-bond acceptors (Lipinski definition) is 5. The zero-order chi connectivity index (χ0) is 27.3. The van der Waals surface area contributed by atoms with Crippen LogP contribution in [0.4, 0.5) is 10.5 Å². The van der Waals surface area contributed by atoms with Crippen LogP contribution in [0.3, 0.4) is 0 Å². The maximum Gasteiger partial charge on any atom is 0.412 e. The maximum absolute atomic E-state index is 13.5. The van der Waals surface area contributed by atoms with E-state index in [9.17, 15) is 19.2 Å². The third kappa shape index (κ3) is 8.48. The van der Waals surface area contributed by atoms with Crippen molar-refractivity contribution < 1.29 is 19.1 Å².